The number of rotatable bonds is 6. The zero-order valence-corrected chi connectivity index (χ0v) is 13.1. The van der Waals surface area contributed by atoms with Crippen molar-refractivity contribution in [3.63, 3.8) is 0 Å². The van der Waals surface area contributed by atoms with Crippen LogP contribution < -0.4 is 0 Å². The maximum atomic E-state index is 12.0. The lowest BCUT2D eigenvalue weighted by molar-refractivity contribution is -0.149. The van der Waals surface area contributed by atoms with Gasteiger partial charge in [-0.1, -0.05) is 11.8 Å². The summed E-state index contributed by atoms with van der Waals surface area (Å²) in [7, 11) is 0. The molecule has 0 saturated carbocycles. The summed E-state index contributed by atoms with van der Waals surface area (Å²) >= 11 is 1.13. The van der Waals surface area contributed by atoms with E-state index in [0.29, 0.717) is 10.9 Å². The Morgan fingerprint density at radius 2 is 2.00 bits per heavy atom. The van der Waals surface area contributed by atoms with Crippen molar-refractivity contribution in [1.29, 1.82) is 0 Å². The number of hydrogen-bond donors (Lipinski definition) is 0. The number of aliphatic imine (C=N–C) groups is 4. The van der Waals surface area contributed by atoms with Crippen molar-refractivity contribution in [2.24, 2.45) is 20.0 Å². The minimum absolute atomic E-state index is 0.0869. The van der Waals surface area contributed by atoms with Gasteiger partial charge in [0.1, 0.15) is 23.0 Å². The van der Waals surface area contributed by atoms with Crippen molar-refractivity contribution >= 4 is 47.3 Å². The number of carbonyl (C=O) groups is 2. The van der Waals surface area contributed by atoms with E-state index in [1.165, 1.54) is 12.7 Å². The van der Waals surface area contributed by atoms with Gasteiger partial charge in [0.25, 0.3) is 0 Å². The van der Waals surface area contributed by atoms with Gasteiger partial charge >= 0.3 is 11.9 Å². The van der Waals surface area contributed by atoms with Gasteiger partial charge in [-0.15, -0.1) is 0 Å². The highest BCUT2D eigenvalue weighted by molar-refractivity contribution is 8.15. The number of fused-ring (bicyclic) bond motifs is 1. The summed E-state index contributed by atoms with van der Waals surface area (Å²) in [5.74, 6) is -0.413. The second-order valence-electron chi connectivity index (χ2n) is 4.23. The summed E-state index contributed by atoms with van der Waals surface area (Å²) in [6, 6.07) is -0.408. The fourth-order valence-corrected chi connectivity index (χ4v) is 2.89. The van der Waals surface area contributed by atoms with Gasteiger partial charge in [0.15, 0.2) is 11.9 Å². The van der Waals surface area contributed by atoms with Crippen LogP contribution in [0.1, 0.15) is 20.3 Å². The van der Waals surface area contributed by atoms with E-state index in [-0.39, 0.29) is 19.6 Å². The molecule has 2 atom stereocenters. The molecule has 2 unspecified atom stereocenters. The molecule has 2 aliphatic heterocycles. The zero-order valence-electron chi connectivity index (χ0n) is 12.3. The standard InChI is InChI=1S/C13H16N4O4S/c1-3-20-9(18)5-8(13(19)21-4-2)22-12-10-11(15-6-14-10)16-7-17-12/h6-8,10H,3-5H2,1-2H3. The smallest absolute Gasteiger partial charge is 0.320 e. The number of thioether (sulfide) groups is 1. The van der Waals surface area contributed by atoms with Crippen LogP contribution in [0.2, 0.25) is 0 Å². The molecule has 0 fully saturated rings. The lowest BCUT2D eigenvalue weighted by atomic mass is 10.3. The van der Waals surface area contributed by atoms with Crippen molar-refractivity contribution in [2.45, 2.75) is 31.6 Å². The van der Waals surface area contributed by atoms with Crippen LogP contribution in [0.25, 0.3) is 0 Å². The summed E-state index contributed by atoms with van der Waals surface area (Å²) in [6.07, 6.45) is 2.68. The van der Waals surface area contributed by atoms with Crippen LogP contribution in [0.5, 0.6) is 0 Å². The van der Waals surface area contributed by atoms with Crippen LogP contribution >= 0.6 is 11.8 Å². The van der Waals surface area contributed by atoms with Crippen molar-refractivity contribution in [1.82, 2.24) is 0 Å². The Balaban J connectivity index is 2.08. The van der Waals surface area contributed by atoms with Crippen molar-refractivity contribution < 1.29 is 19.1 Å². The topological polar surface area (TPSA) is 102 Å². The maximum Gasteiger partial charge on any atom is 0.320 e. The summed E-state index contributed by atoms with van der Waals surface area (Å²) < 4.78 is 9.91. The molecule has 118 valence electrons. The summed E-state index contributed by atoms with van der Waals surface area (Å²) in [4.78, 5) is 40.0. The average Bonchev–Trinajstić information content (AvgIpc) is 2.96. The molecule has 0 aromatic heterocycles. The lowest BCUT2D eigenvalue weighted by Gasteiger charge is -2.18. The molecular weight excluding hydrogens is 308 g/mol. The molecule has 0 amide bonds. The van der Waals surface area contributed by atoms with E-state index < -0.39 is 23.2 Å². The molecule has 0 bridgehead atoms. The minimum Gasteiger partial charge on any atom is -0.466 e. The van der Waals surface area contributed by atoms with Crippen molar-refractivity contribution in [2.75, 3.05) is 13.2 Å². The molecule has 8 nitrogen and oxygen atoms in total. The molecule has 0 aromatic rings. The first kappa shape index (κ1) is 16.3. The van der Waals surface area contributed by atoms with E-state index in [2.05, 4.69) is 20.0 Å². The number of nitrogens with zero attached hydrogens (tertiary/aromatic N) is 4. The summed E-state index contributed by atoms with van der Waals surface area (Å²) in [5, 5.41) is -0.175. The van der Waals surface area contributed by atoms with Gasteiger partial charge in [0.2, 0.25) is 0 Å². The number of ether oxygens (including phenoxy) is 2. The predicted octanol–water partition coefficient (Wildman–Crippen LogP) is 0.854. The molecular formula is C13H16N4O4S. The first-order valence-electron chi connectivity index (χ1n) is 6.84. The number of carbonyl (C=O) groups excluding carboxylic acids is 2. The van der Waals surface area contributed by atoms with Gasteiger partial charge in [-0.25, -0.2) is 15.0 Å². The summed E-state index contributed by atoms with van der Waals surface area (Å²) in [5.41, 5.74) is 0. The highest BCUT2D eigenvalue weighted by Gasteiger charge is 2.33. The van der Waals surface area contributed by atoms with E-state index in [1.807, 2.05) is 0 Å². The van der Waals surface area contributed by atoms with Gasteiger partial charge in [0, 0.05) is 0 Å². The Morgan fingerprint density at radius 1 is 1.23 bits per heavy atom. The Labute approximate surface area is 131 Å². The molecule has 9 heteroatoms. The number of hydrogen-bond acceptors (Lipinski definition) is 9. The molecule has 0 radical (unpaired) electrons. The zero-order chi connectivity index (χ0) is 15.9. The van der Waals surface area contributed by atoms with Crippen LogP contribution in [0, 0.1) is 0 Å². The molecule has 2 heterocycles. The first-order valence-corrected chi connectivity index (χ1v) is 7.72. The van der Waals surface area contributed by atoms with Crippen molar-refractivity contribution in [3.8, 4) is 0 Å². The molecule has 0 N–H and O–H groups in total. The molecule has 2 rings (SSSR count). The third-order valence-corrected chi connectivity index (χ3v) is 3.94. The Morgan fingerprint density at radius 3 is 2.73 bits per heavy atom. The largest absolute Gasteiger partial charge is 0.466 e. The second kappa shape index (κ2) is 7.83. The monoisotopic (exact) mass is 324 g/mol. The number of esters is 2. The highest BCUT2D eigenvalue weighted by Crippen LogP contribution is 2.25. The molecule has 22 heavy (non-hydrogen) atoms. The van der Waals surface area contributed by atoms with E-state index in [1.54, 1.807) is 13.8 Å². The van der Waals surface area contributed by atoms with Gasteiger partial charge in [0.05, 0.1) is 19.6 Å². The van der Waals surface area contributed by atoms with Crippen LogP contribution in [0.15, 0.2) is 20.0 Å². The molecule has 0 aliphatic carbocycles. The lowest BCUT2D eigenvalue weighted by Crippen LogP contribution is -2.32. The van der Waals surface area contributed by atoms with Crippen LogP contribution in [-0.2, 0) is 19.1 Å². The highest BCUT2D eigenvalue weighted by atomic mass is 32.2. The average molecular weight is 324 g/mol. The third-order valence-electron chi connectivity index (χ3n) is 2.73. The molecule has 0 spiro atoms. The van der Waals surface area contributed by atoms with Gasteiger partial charge < -0.3 is 9.47 Å². The Bertz CT molecular complexity index is 570. The molecule has 2 aliphatic rings. The van der Waals surface area contributed by atoms with E-state index >= 15 is 0 Å². The predicted molar refractivity (Wildman–Crippen MR) is 84.9 cm³/mol. The number of amidine groups is 1. The van der Waals surface area contributed by atoms with E-state index in [4.69, 9.17) is 9.47 Å². The van der Waals surface area contributed by atoms with E-state index in [9.17, 15) is 9.59 Å². The Kier molecular flexibility index (Phi) is 5.82. The fraction of sp³-hybridized carbons (Fsp3) is 0.538. The van der Waals surface area contributed by atoms with Gasteiger partial charge in [-0.2, -0.15) is 0 Å². The molecule has 0 aromatic carbocycles. The van der Waals surface area contributed by atoms with Gasteiger partial charge in [-0.05, 0) is 13.8 Å². The fourth-order valence-electron chi connectivity index (χ4n) is 1.81. The van der Waals surface area contributed by atoms with Crippen LogP contribution in [0.3, 0.4) is 0 Å². The second-order valence-corrected chi connectivity index (χ2v) is 5.46. The molecule has 0 saturated heterocycles. The normalized spacial score (nSPS) is 20.0. The minimum atomic E-state index is -0.735. The van der Waals surface area contributed by atoms with Crippen LogP contribution in [0.4, 0.5) is 0 Å². The quantitative estimate of drug-likeness (QED) is 0.674. The van der Waals surface area contributed by atoms with Crippen LogP contribution in [-0.4, -0.2) is 60.0 Å². The maximum absolute atomic E-state index is 12.0. The van der Waals surface area contributed by atoms with E-state index in [0.717, 1.165) is 11.8 Å². The summed E-state index contributed by atoms with van der Waals surface area (Å²) in [6.45, 7) is 3.92. The first-order chi connectivity index (χ1) is 10.7. The Hall–Kier alpha value is -2.03. The third kappa shape index (κ3) is 4.00. The SMILES string of the molecule is CCOC(=O)CC(SC1=NC=NC2=NC=NC21)C(=O)OCC. The van der Waals surface area contributed by atoms with Crippen molar-refractivity contribution in [3.05, 3.63) is 0 Å². The van der Waals surface area contributed by atoms with Gasteiger partial charge in [-0.3, -0.25) is 14.6 Å².